The molecule has 10 heteroatoms. The molecule has 1 N–H and O–H groups in total. The Bertz CT molecular complexity index is 1230. The molecule has 162 valence electrons. The van der Waals surface area contributed by atoms with Crippen LogP contribution in [0, 0.1) is 10.1 Å². The number of nitro groups is 1. The van der Waals surface area contributed by atoms with E-state index in [1.54, 1.807) is 6.20 Å². The molecule has 0 unspecified atom stereocenters. The normalized spacial score (nSPS) is 12.6. The number of para-hydroxylation sites is 2. The van der Waals surface area contributed by atoms with Gasteiger partial charge in [-0.2, -0.15) is 4.31 Å². The molecule has 3 aromatic rings. The van der Waals surface area contributed by atoms with Gasteiger partial charge in [-0.15, -0.1) is 0 Å². The maximum Gasteiger partial charge on any atom is 0.325 e. The lowest BCUT2D eigenvalue weighted by atomic mass is 10.1. The van der Waals surface area contributed by atoms with Gasteiger partial charge >= 0.3 is 5.97 Å². The number of likely N-dealkylation sites (N-methyl/N-ethyl adjacent to an activating group) is 1. The Labute approximate surface area is 179 Å². The molecule has 0 aliphatic rings. The van der Waals surface area contributed by atoms with Crippen LogP contribution >= 0.6 is 0 Å². The Balaban J connectivity index is 2.03. The van der Waals surface area contributed by atoms with Gasteiger partial charge < -0.3 is 9.72 Å². The zero-order valence-corrected chi connectivity index (χ0v) is 17.5. The molecule has 0 fully saturated rings. The molecule has 1 atom stereocenters. The van der Waals surface area contributed by atoms with Crippen molar-refractivity contribution in [2.75, 3.05) is 13.7 Å². The topological polar surface area (TPSA) is 123 Å². The predicted molar refractivity (Wildman–Crippen MR) is 115 cm³/mol. The Hall–Kier alpha value is -3.50. The molecule has 0 spiro atoms. The van der Waals surface area contributed by atoms with E-state index >= 15 is 0 Å². The highest BCUT2D eigenvalue weighted by Gasteiger charge is 2.37. The summed E-state index contributed by atoms with van der Waals surface area (Å²) in [6.07, 6.45) is 3.08. The largest absolute Gasteiger partial charge is 0.460 e. The molecule has 0 saturated carbocycles. The number of nitrogens with one attached hydrogen (secondary N) is 1. The lowest BCUT2D eigenvalue weighted by molar-refractivity contribution is -0.387. The Kier molecular flexibility index (Phi) is 6.52. The van der Waals surface area contributed by atoms with Gasteiger partial charge in [0.25, 0.3) is 5.69 Å². The van der Waals surface area contributed by atoms with Crippen LogP contribution in [0.4, 0.5) is 5.69 Å². The molecule has 1 heterocycles. The first-order valence-corrected chi connectivity index (χ1v) is 10.8. The van der Waals surface area contributed by atoms with Crippen LogP contribution in [0.3, 0.4) is 0 Å². The number of carbonyl (C=O) groups is 1. The van der Waals surface area contributed by atoms with Crippen LogP contribution in [-0.2, 0) is 26.0 Å². The minimum absolute atomic E-state index is 0.0103. The first-order chi connectivity index (χ1) is 14.8. The SMILES string of the molecule is C=CCOC(=O)[C@H](Cc1c[nH]c2ccccc12)N(C)S(=O)(=O)c1ccccc1[N+](=O)[O-]. The fraction of sp³-hybridized carbons (Fsp3) is 0.190. The molecule has 31 heavy (non-hydrogen) atoms. The van der Waals surface area contributed by atoms with Crippen molar-refractivity contribution in [2.45, 2.75) is 17.4 Å². The van der Waals surface area contributed by atoms with Gasteiger partial charge in [0.2, 0.25) is 10.0 Å². The average Bonchev–Trinajstić information content (AvgIpc) is 3.18. The van der Waals surface area contributed by atoms with E-state index in [1.807, 2.05) is 24.3 Å². The van der Waals surface area contributed by atoms with Gasteiger partial charge in [-0.05, 0) is 17.7 Å². The number of aromatic nitrogens is 1. The number of nitro benzene ring substituents is 1. The van der Waals surface area contributed by atoms with Crippen LogP contribution in [0.25, 0.3) is 10.9 Å². The second-order valence-corrected chi connectivity index (χ2v) is 8.71. The van der Waals surface area contributed by atoms with Crippen molar-refractivity contribution in [3.05, 3.63) is 83.1 Å². The van der Waals surface area contributed by atoms with Gasteiger partial charge in [-0.25, -0.2) is 8.42 Å². The fourth-order valence-corrected chi connectivity index (χ4v) is 4.72. The van der Waals surface area contributed by atoms with Crippen molar-refractivity contribution >= 4 is 32.6 Å². The quantitative estimate of drug-likeness (QED) is 0.235. The Morgan fingerprint density at radius 2 is 1.94 bits per heavy atom. The number of nitrogens with zero attached hydrogens (tertiary/aromatic N) is 2. The monoisotopic (exact) mass is 443 g/mol. The molecule has 0 saturated heterocycles. The summed E-state index contributed by atoms with van der Waals surface area (Å²) in [5, 5.41) is 12.2. The second-order valence-electron chi connectivity index (χ2n) is 6.74. The van der Waals surface area contributed by atoms with E-state index in [-0.39, 0.29) is 13.0 Å². The van der Waals surface area contributed by atoms with Crippen LogP contribution in [0.2, 0.25) is 0 Å². The van der Waals surface area contributed by atoms with Crippen LogP contribution in [0.5, 0.6) is 0 Å². The summed E-state index contributed by atoms with van der Waals surface area (Å²) in [5.41, 5.74) is 0.973. The third kappa shape index (κ3) is 4.49. The number of sulfonamides is 1. The van der Waals surface area contributed by atoms with Crippen LogP contribution in [0.1, 0.15) is 5.56 Å². The summed E-state index contributed by atoms with van der Waals surface area (Å²) in [7, 11) is -3.18. The minimum atomic E-state index is -4.39. The number of aromatic amines is 1. The second kappa shape index (κ2) is 9.11. The van der Waals surface area contributed by atoms with E-state index in [0.29, 0.717) is 5.56 Å². The third-order valence-corrected chi connectivity index (χ3v) is 6.78. The maximum atomic E-state index is 13.3. The summed E-state index contributed by atoms with van der Waals surface area (Å²) in [5.74, 6) is -0.783. The van der Waals surface area contributed by atoms with Crippen LogP contribution < -0.4 is 0 Å². The molecule has 9 nitrogen and oxygen atoms in total. The highest BCUT2D eigenvalue weighted by atomic mass is 32.2. The number of ether oxygens (including phenoxy) is 1. The van der Waals surface area contributed by atoms with Crippen LogP contribution in [-0.4, -0.2) is 48.3 Å². The lowest BCUT2D eigenvalue weighted by Gasteiger charge is -2.25. The molecular formula is C21H21N3O6S. The molecule has 0 bridgehead atoms. The molecule has 0 aliphatic carbocycles. The highest BCUT2D eigenvalue weighted by Crippen LogP contribution is 2.28. The van der Waals surface area contributed by atoms with Gasteiger partial charge in [0.15, 0.2) is 4.90 Å². The van der Waals surface area contributed by atoms with Gasteiger partial charge in [-0.1, -0.05) is 43.0 Å². The van der Waals surface area contributed by atoms with E-state index in [4.69, 9.17) is 4.74 Å². The number of hydrogen-bond acceptors (Lipinski definition) is 6. The summed E-state index contributed by atoms with van der Waals surface area (Å²) < 4.78 is 32.5. The predicted octanol–water partition coefficient (Wildman–Crippen LogP) is 3.04. The standard InChI is InChI=1S/C21H21N3O6S/c1-3-12-30-21(25)19(13-15-14-22-17-9-5-4-8-16(15)17)23(2)31(28,29)20-11-7-6-10-18(20)24(26)27/h3-11,14,19,22H,1,12-13H2,2H3/t19-/m0/s1. The first kappa shape index (κ1) is 22.2. The van der Waals surface area contributed by atoms with E-state index in [9.17, 15) is 23.3 Å². The summed E-state index contributed by atoms with van der Waals surface area (Å²) in [4.78, 5) is 26.0. The van der Waals surface area contributed by atoms with Crippen molar-refractivity contribution in [3.63, 3.8) is 0 Å². The van der Waals surface area contributed by atoms with Crippen molar-refractivity contribution in [3.8, 4) is 0 Å². The van der Waals surface area contributed by atoms with Gasteiger partial charge in [0.05, 0.1) is 4.92 Å². The molecular weight excluding hydrogens is 422 g/mol. The summed E-state index contributed by atoms with van der Waals surface area (Å²) in [6, 6.07) is 11.2. The Morgan fingerprint density at radius 3 is 2.65 bits per heavy atom. The lowest BCUT2D eigenvalue weighted by Crippen LogP contribution is -2.44. The van der Waals surface area contributed by atoms with Gasteiger partial charge in [0, 0.05) is 36.6 Å². The highest BCUT2D eigenvalue weighted by molar-refractivity contribution is 7.89. The van der Waals surface area contributed by atoms with Gasteiger partial charge in [-0.3, -0.25) is 14.9 Å². The minimum Gasteiger partial charge on any atom is -0.460 e. The molecule has 2 aromatic carbocycles. The summed E-state index contributed by atoms with van der Waals surface area (Å²) in [6.45, 7) is 3.40. The number of H-pyrrole nitrogens is 1. The van der Waals surface area contributed by atoms with Crippen molar-refractivity contribution in [2.24, 2.45) is 0 Å². The van der Waals surface area contributed by atoms with E-state index in [0.717, 1.165) is 27.3 Å². The number of rotatable bonds is 9. The zero-order chi connectivity index (χ0) is 22.6. The number of fused-ring (bicyclic) bond motifs is 1. The van der Waals surface area contributed by atoms with E-state index < -0.39 is 37.5 Å². The molecule has 1 aromatic heterocycles. The van der Waals surface area contributed by atoms with Crippen molar-refractivity contribution in [1.82, 2.24) is 9.29 Å². The maximum absolute atomic E-state index is 13.3. The number of hydrogen-bond donors (Lipinski definition) is 1. The smallest absolute Gasteiger partial charge is 0.325 e. The molecule has 0 amide bonds. The van der Waals surface area contributed by atoms with E-state index in [2.05, 4.69) is 11.6 Å². The Morgan fingerprint density at radius 1 is 1.26 bits per heavy atom. The number of benzene rings is 2. The van der Waals surface area contributed by atoms with Crippen molar-refractivity contribution < 1.29 is 22.9 Å². The van der Waals surface area contributed by atoms with Crippen LogP contribution in [0.15, 0.2) is 72.3 Å². The number of esters is 1. The third-order valence-electron chi connectivity index (χ3n) is 4.86. The van der Waals surface area contributed by atoms with E-state index in [1.165, 1.54) is 25.3 Å². The van der Waals surface area contributed by atoms with Crippen molar-refractivity contribution in [1.29, 1.82) is 0 Å². The zero-order valence-electron chi connectivity index (χ0n) is 16.7. The molecule has 3 rings (SSSR count). The molecule has 0 aliphatic heterocycles. The average molecular weight is 443 g/mol. The first-order valence-electron chi connectivity index (χ1n) is 9.31. The van der Waals surface area contributed by atoms with Gasteiger partial charge in [0.1, 0.15) is 12.6 Å². The summed E-state index contributed by atoms with van der Waals surface area (Å²) >= 11 is 0. The molecule has 0 radical (unpaired) electrons. The number of carbonyl (C=O) groups excluding carboxylic acids is 1. The fourth-order valence-electron chi connectivity index (χ4n) is 3.26.